The van der Waals surface area contributed by atoms with Gasteiger partial charge in [0.15, 0.2) is 0 Å². The average Bonchev–Trinajstić information content (AvgIpc) is 2.43. The summed E-state index contributed by atoms with van der Waals surface area (Å²) in [6.07, 6.45) is -0.873. The summed E-state index contributed by atoms with van der Waals surface area (Å²) in [6, 6.07) is 7.56. The molecule has 0 bridgehead atoms. The first kappa shape index (κ1) is 14.7. The van der Waals surface area contributed by atoms with Gasteiger partial charge in [-0.3, -0.25) is 14.5 Å². The van der Waals surface area contributed by atoms with Gasteiger partial charge in [0.2, 0.25) is 0 Å². The Kier molecular flexibility index (Phi) is 4.52. The first-order valence-electron chi connectivity index (χ1n) is 6.68. The predicted octanol–water partition coefficient (Wildman–Crippen LogP) is 1.23. The quantitative estimate of drug-likeness (QED) is 0.841. The van der Waals surface area contributed by atoms with Crippen molar-refractivity contribution in [3.8, 4) is 0 Å². The molecule has 1 N–H and O–H groups in total. The van der Waals surface area contributed by atoms with E-state index in [9.17, 15) is 14.7 Å². The molecular formula is C15H19NO4. The van der Waals surface area contributed by atoms with Crippen molar-refractivity contribution in [3.05, 3.63) is 35.4 Å². The molecule has 1 saturated heterocycles. The standard InChI is InChI=1S/C15H19NO4/c1-10(2)11-3-5-12(6-4-11)13(17)7-16-14(18)8-20-9-15(16)19/h3-6,10,13,17H,7-9H2,1-2H3. The average molecular weight is 277 g/mol. The number of hydrogen-bond donors (Lipinski definition) is 1. The van der Waals surface area contributed by atoms with Gasteiger partial charge in [-0.05, 0) is 17.0 Å². The van der Waals surface area contributed by atoms with Crippen molar-refractivity contribution < 1.29 is 19.4 Å². The monoisotopic (exact) mass is 277 g/mol. The molecule has 20 heavy (non-hydrogen) atoms. The number of carbonyl (C=O) groups excluding carboxylic acids is 2. The molecule has 1 fully saturated rings. The molecular weight excluding hydrogens is 258 g/mol. The van der Waals surface area contributed by atoms with Gasteiger partial charge >= 0.3 is 0 Å². The molecule has 2 rings (SSSR count). The first-order valence-corrected chi connectivity index (χ1v) is 6.68. The van der Waals surface area contributed by atoms with E-state index in [1.54, 1.807) is 0 Å². The van der Waals surface area contributed by atoms with Crippen LogP contribution in [0.3, 0.4) is 0 Å². The molecule has 1 aliphatic heterocycles. The number of β-amino-alcohol motifs (C(OH)–C–C–N with tert-alkyl or cyclic N) is 1. The van der Waals surface area contributed by atoms with Gasteiger partial charge in [-0.25, -0.2) is 0 Å². The number of hydrogen-bond acceptors (Lipinski definition) is 4. The predicted molar refractivity (Wildman–Crippen MR) is 73.0 cm³/mol. The van der Waals surface area contributed by atoms with E-state index in [4.69, 9.17) is 4.74 Å². The molecule has 0 aromatic heterocycles. The van der Waals surface area contributed by atoms with Crippen molar-refractivity contribution >= 4 is 11.8 Å². The van der Waals surface area contributed by atoms with Crippen LogP contribution < -0.4 is 0 Å². The Morgan fingerprint density at radius 2 is 1.60 bits per heavy atom. The van der Waals surface area contributed by atoms with Crippen LogP contribution >= 0.6 is 0 Å². The maximum Gasteiger partial charge on any atom is 0.255 e. The lowest BCUT2D eigenvalue weighted by molar-refractivity contribution is -0.160. The molecule has 0 saturated carbocycles. The van der Waals surface area contributed by atoms with Crippen LogP contribution in [-0.4, -0.2) is 41.6 Å². The highest BCUT2D eigenvalue weighted by Gasteiger charge is 2.28. The molecule has 2 amide bonds. The summed E-state index contributed by atoms with van der Waals surface area (Å²) in [5, 5.41) is 10.2. The summed E-state index contributed by atoms with van der Waals surface area (Å²) in [6.45, 7) is 3.95. The van der Waals surface area contributed by atoms with Crippen LogP contribution in [0.4, 0.5) is 0 Å². The number of benzene rings is 1. The Labute approximate surface area is 118 Å². The topological polar surface area (TPSA) is 66.8 Å². The van der Waals surface area contributed by atoms with E-state index >= 15 is 0 Å². The summed E-state index contributed by atoms with van der Waals surface area (Å²) < 4.78 is 4.83. The third-order valence-electron chi connectivity index (χ3n) is 3.40. The molecule has 1 aromatic carbocycles. The van der Waals surface area contributed by atoms with Crippen LogP contribution in [0.15, 0.2) is 24.3 Å². The fraction of sp³-hybridized carbons (Fsp3) is 0.467. The highest BCUT2D eigenvalue weighted by Crippen LogP contribution is 2.20. The largest absolute Gasteiger partial charge is 0.387 e. The number of imide groups is 1. The number of morpholine rings is 1. The summed E-state index contributed by atoms with van der Waals surface area (Å²) >= 11 is 0. The van der Waals surface area contributed by atoms with Gasteiger partial charge in [-0.1, -0.05) is 38.1 Å². The van der Waals surface area contributed by atoms with Gasteiger partial charge in [0, 0.05) is 0 Å². The van der Waals surface area contributed by atoms with E-state index in [-0.39, 0.29) is 19.8 Å². The Morgan fingerprint density at radius 1 is 1.10 bits per heavy atom. The molecule has 1 heterocycles. The van der Waals surface area contributed by atoms with Crippen molar-refractivity contribution in [3.63, 3.8) is 0 Å². The molecule has 1 aliphatic rings. The summed E-state index contributed by atoms with van der Waals surface area (Å²) in [5.74, 6) is -0.387. The number of amides is 2. The van der Waals surface area contributed by atoms with Crippen molar-refractivity contribution in [2.75, 3.05) is 19.8 Å². The summed E-state index contributed by atoms with van der Waals surface area (Å²) in [4.78, 5) is 24.2. The van der Waals surface area contributed by atoms with E-state index in [0.717, 1.165) is 4.90 Å². The maximum absolute atomic E-state index is 11.6. The van der Waals surface area contributed by atoms with E-state index in [1.807, 2.05) is 24.3 Å². The first-order chi connectivity index (χ1) is 9.49. The fourth-order valence-corrected chi connectivity index (χ4v) is 2.11. The second-order valence-corrected chi connectivity index (χ2v) is 5.23. The molecule has 5 nitrogen and oxygen atoms in total. The zero-order valence-corrected chi connectivity index (χ0v) is 11.7. The van der Waals surface area contributed by atoms with Gasteiger partial charge in [0.05, 0.1) is 12.6 Å². The second kappa shape index (κ2) is 6.15. The molecule has 5 heteroatoms. The lowest BCUT2D eigenvalue weighted by atomic mass is 10.00. The maximum atomic E-state index is 11.6. The number of rotatable bonds is 4. The second-order valence-electron chi connectivity index (χ2n) is 5.23. The molecule has 0 radical (unpaired) electrons. The Bertz CT molecular complexity index is 479. The smallest absolute Gasteiger partial charge is 0.255 e. The van der Waals surface area contributed by atoms with Gasteiger partial charge < -0.3 is 9.84 Å². The van der Waals surface area contributed by atoms with Gasteiger partial charge in [0.25, 0.3) is 11.8 Å². The molecule has 0 aliphatic carbocycles. The molecule has 1 aromatic rings. The van der Waals surface area contributed by atoms with Crippen molar-refractivity contribution in [2.45, 2.75) is 25.9 Å². The number of aliphatic hydroxyl groups is 1. The third-order valence-corrected chi connectivity index (χ3v) is 3.40. The number of nitrogens with zero attached hydrogens (tertiary/aromatic N) is 1. The minimum Gasteiger partial charge on any atom is -0.387 e. The minimum atomic E-state index is -0.873. The highest BCUT2D eigenvalue weighted by atomic mass is 16.5. The van der Waals surface area contributed by atoms with Crippen LogP contribution in [0.2, 0.25) is 0 Å². The lowest BCUT2D eigenvalue weighted by Gasteiger charge is -2.27. The van der Waals surface area contributed by atoms with E-state index in [1.165, 1.54) is 5.56 Å². The van der Waals surface area contributed by atoms with Gasteiger partial charge in [-0.15, -0.1) is 0 Å². The van der Waals surface area contributed by atoms with E-state index in [2.05, 4.69) is 13.8 Å². The SMILES string of the molecule is CC(C)c1ccc(C(O)CN2C(=O)COCC2=O)cc1. The van der Waals surface area contributed by atoms with Crippen LogP contribution in [-0.2, 0) is 14.3 Å². The van der Waals surface area contributed by atoms with Crippen molar-refractivity contribution in [2.24, 2.45) is 0 Å². The summed E-state index contributed by atoms with van der Waals surface area (Å²) in [7, 11) is 0. The highest BCUT2D eigenvalue weighted by molar-refractivity contribution is 5.98. The van der Waals surface area contributed by atoms with E-state index in [0.29, 0.717) is 11.5 Å². The van der Waals surface area contributed by atoms with Crippen LogP contribution in [0, 0.1) is 0 Å². The normalized spacial score (nSPS) is 17.7. The molecule has 1 unspecified atom stereocenters. The fourth-order valence-electron chi connectivity index (χ4n) is 2.11. The number of aliphatic hydroxyl groups excluding tert-OH is 1. The van der Waals surface area contributed by atoms with Crippen LogP contribution in [0.5, 0.6) is 0 Å². The van der Waals surface area contributed by atoms with Gasteiger partial charge in [-0.2, -0.15) is 0 Å². The molecule has 108 valence electrons. The van der Waals surface area contributed by atoms with Crippen molar-refractivity contribution in [1.82, 2.24) is 4.90 Å². The molecule has 0 spiro atoms. The van der Waals surface area contributed by atoms with E-state index < -0.39 is 17.9 Å². The Hall–Kier alpha value is -1.72. The zero-order valence-electron chi connectivity index (χ0n) is 11.7. The Morgan fingerprint density at radius 3 is 2.10 bits per heavy atom. The van der Waals surface area contributed by atoms with Crippen LogP contribution in [0.25, 0.3) is 0 Å². The van der Waals surface area contributed by atoms with Gasteiger partial charge in [0.1, 0.15) is 13.2 Å². The number of carbonyl (C=O) groups is 2. The lowest BCUT2D eigenvalue weighted by Crippen LogP contribution is -2.47. The zero-order chi connectivity index (χ0) is 14.7. The van der Waals surface area contributed by atoms with Crippen LogP contribution in [0.1, 0.15) is 37.0 Å². The van der Waals surface area contributed by atoms with Crippen molar-refractivity contribution in [1.29, 1.82) is 0 Å². The number of ether oxygens (including phenoxy) is 1. The third kappa shape index (κ3) is 3.23. The Balaban J connectivity index is 2.05. The minimum absolute atomic E-state index is 0.0257. The summed E-state index contributed by atoms with van der Waals surface area (Å²) in [5.41, 5.74) is 1.88. The molecule has 1 atom stereocenters.